The van der Waals surface area contributed by atoms with Gasteiger partial charge in [0.15, 0.2) is 0 Å². The van der Waals surface area contributed by atoms with E-state index < -0.39 is 0 Å². The zero-order valence-electron chi connectivity index (χ0n) is 19.4. The fraction of sp³-hybridized carbons (Fsp3) is 0.375. The van der Waals surface area contributed by atoms with Crippen LogP contribution in [0, 0.1) is 0 Å². The van der Waals surface area contributed by atoms with Crippen molar-refractivity contribution in [1.82, 2.24) is 15.1 Å². The van der Waals surface area contributed by atoms with Crippen molar-refractivity contribution in [1.29, 1.82) is 0 Å². The van der Waals surface area contributed by atoms with Gasteiger partial charge < -0.3 is 29.3 Å². The molecule has 2 N–H and O–H groups in total. The van der Waals surface area contributed by atoms with E-state index in [0.29, 0.717) is 40.2 Å². The smallest absolute Gasteiger partial charge is 0.315 e. The van der Waals surface area contributed by atoms with E-state index in [1.54, 1.807) is 56.7 Å². The number of rotatable bonds is 10. The van der Waals surface area contributed by atoms with Crippen molar-refractivity contribution < 1.29 is 23.4 Å². The van der Waals surface area contributed by atoms with Crippen molar-refractivity contribution in [2.24, 2.45) is 0 Å². The summed E-state index contributed by atoms with van der Waals surface area (Å²) in [5.41, 5.74) is 1.70. The van der Waals surface area contributed by atoms with Crippen molar-refractivity contribution in [3.63, 3.8) is 0 Å². The Morgan fingerprint density at radius 1 is 1.09 bits per heavy atom. The van der Waals surface area contributed by atoms with Gasteiger partial charge in [0.25, 0.3) is 11.8 Å². The fourth-order valence-corrected chi connectivity index (χ4v) is 3.64. The van der Waals surface area contributed by atoms with Crippen LogP contribution < -0.4 is 20.1 Å². The number of carbonyl (C=O) groups is 1. The Bertz CT molecular complexity index is 1100. The number of nitrogens with one attached hydrogen (secondary N) is 2. The minimum absolute atomic E-state index is 0.255. The molecule has 1 saturated heterocycles. The van der Waals surface area contributed by atoms with Gasteiger partial charge in [0, 0.05) is 37.0 Å². The molecule has 0 saturated carbocycles. The van der Waals surface area contributed by atoms with Gasteiger partial charge in [0.2, 0.25) is 0 Å². The van der Waals surface area contributed by atoms with Crippen molar-refractivity contribution in [3.8, 4) is 23.0 Å². The molecule has 0 unspecified atom stereocenters. The summed E-state index contributed by atoms with van der Waals surface area (Å²) in [4.78, 5) is 15.0. The average Bonchev–Trinajstić information content (AvgIpc) is 3.36. The highest BCUT2D eigenvalue weighted by Gasteiger charge is 2.16. The Morgan fingerprint density at radius 2 is 1.94 bits per heavy atom. The number of ether oxygens (including phenoxy) is 3. The number of hydrogen-bond donors (Lipinski definition) is 2. The number of benzene rings is 2. The molecule has 0 atom stereocenters. The van der Waals surface area contributed by atoms with E-state index in [1.165, 1.54) is 0 Å². The van der Waals surface area contributed by atoms with E-state index in [1.807, 2.05) is 0 Å². The van der Waals surface area contributed by atoms with E-state index in [2.05, 4.69) is 25.7 Å². The molecule has 1 amide bonds. The second kappa shape index (κ2) is 11.5. The molecule has 0 radical (unpaired) electrons. The zero-order chi connectivity index (χ0) is 23.8. The van der Waals surface area contributed by atoms with Crippen molar-refractivity contribution in [2.45, 2.75) is 6.42 Å². The number of hydrogen-bond acceptors (Lipinski definition) is 9. The first-order valence-corrected chi connectivity index (χ1v) is 11.2. The SMILES string of the molecule is COc1cccc(C(=O)Nc2ccc(-c3nnc(NCCCN4CCOCC4)o3)c(OC)c2)c1. The molecule has 10 heteroatoms. The first-order chi connectivity index (χ1) is 16.7. The molecule has 1 fully saturated rings. The van der Waals surface area contributed by atoms with Crippen LogP contribution in [0.3, 0.4) is 0 Å². The Balaban J connectivity index is 1.35. The lowest BCUT2D eigenvalue weighted by Gasteiger charge is -2.26. The molecular formula is C24H29N5O5. The van der Waals surface area contributed by atoms with Crippen molar-refractivity contribution in [2.75, 3.05) is 64.2 Å². The number of nitrogens with zero attached hydrogens (tertiary/aromatic N) is 3. The maximum absolute atomic E-state index is 12.6. The van der Waals surface area contributed by atoms with Crippen LogP contribution in [0.25, 0.3) is 11.5 Å². The lowest BCUT2D eigenvalue weighted by molar-refractivity contribution is 0.0378. The second-order valence-electron chi connectivity index (χ2n) is 7.75. The number of anilines is 2. The summed E-state index contributed by atoms with van der Waals surface area (Å²) in [6, 6.07) is 12.5. The second-order valence-corrected chi connectivity index (χ2v) is 7.75. The predicted octanol–water partition coefficient (Wildman–Crippen LogP) is 3.14. The Kier molecular flexibility index (Phi) is 7.95. The van der Waals surface area contributed by atoms with Crippen LogP contribution in [0.15, 0.2) is 46.9 Å². The summed E-state index contributed by atoms with van der Waals surface area (Å²) < 4.78 is 21.8. The van der Waals surface area contributed by atoms with Crippen LogP contribution in [0.2, 0.25) is 0 Å². The van der Waals surface area contributed by atoms with E-state index >= 15 is 0 Å². The monoisotopic (exact) mass is 467 g/mol. The van der Waals surface area contributed by atoms with Crippen LogP contribution >= 0.6 is 0 Å². The minimum Gasteiger partial charge on any atom is -0.497 e. The molecule has 180 valence electrons. The van der Waals surface area contributed by atoms with Crippen LogP contribution in [-0.4, -0.2) is 74.6 Å². The van der Waals surface area contributed by atoms with Gasteiger partial charge in [-0.3, -0.25) is 9.69 Å². The minimum atomic E-state index is -0.255. The largest absolute Gasteiger partial charge is 0.497 e. The molecule has 3 aromatic rings. The number of morpholine rings is 1. The lowest BCUT2D eigenvalue weighted by atomic mass is 10.1. The topological polar surface area (TPSA) is 111 Å². The quantitative estimate of drug-likeness (QED) is 0.434. The van der Waals surface area contributed by atoms with Crippen molar-refractivity contribution >= 4 is 17.6 Å². The van der Waals surface area contributed by atoms with E-state index in [-0.39, 0.29) is 5.91 Å². The number of carbonyl (C=O) groups excluding carboxylic acids is 1. The van der Waals surface area contributed by atoms with Crippen molar-refractivity contribution in [3.05, 3.63) is 48.0 Å². The number of amides is 1. The predicted molar refractivity (Wildman–Crippen MR) is 128 cm³/mol. The molecule has 0 spiro atoms. The highest BCUT2D eigenvalue weighted by atomic mass is 16.5. The highest BCUT2D eigenvalue weighted by molar-refractivity contribution is 6.04. The normalized spacial score (nSPS) is 13.9. The Hall–Kier alpha value is -3.63. The fourth-order valence-electron chi connectivity index (χ4n) is 3.64. The molecule has 4 rings (SSSR count). The molecule has 1 aliphatic rings. The summed E-state index contributed by atoms with van der Waals surface area (Å²) >= 11 is 0. The van der Waals surface area contributed by atoms with Gasteiger partial charge >= 0.3 is 6.01 Å². The maximum atomic E-state index is 12.6. The van der Waals surface area contributed by atoms with Gasteiger partial charge in [-0.1, -0.05) is 11.2 Å². The lowest BCUT2D eigenvalue weighted by Crippen LogP contribution is -2.37. The first kappa shape index (κ1) is 23.5. The third-order valence-corrected chi connectivity index (χ3v) is 5.48. The summed E-state index contributed by atoms with van der Waals surface area (Å²) in [5, 5.41) is 14.2. The number of methoxy groups -OCH3 is 2. The summed E-state index contributed by atoms with van der Waals surface area (Å²) in [7, 11) is 3.11. The van der Waals surface area contributed by atoms with Gasteiger partial charge in [-0.15, -0.1) is 5.10 Å². The average molecular weight is 468 g/mol. The zero-order valence-corrected chi connectivity index (χ0v) is 19.4. The van der Waals surface area contributed by atoms with E-state index in [4.69, 9.17) is 18.6 Å². The molecule has 1 aliphatic heterocycles. The van der Waals surface area contributed by atoms with Gasteiger partial charge in [-0.05, 0) is 43.3 Å². The third-order valence-electron chi connectivity index (χ3n) is 5.48. The molecule has 0 aliphatic carbocycles. The standard InChI is InChI=1S/C24H29N5O5/c1-31-19-6-3-5-17(15-19)22(30)26-18-7-8-20(21(16-18)32-2)23-27-28-24(34-23)25-9-4-10-29-11-13-33-14-12-29/h3,5-8,15-16H,4,9-14H2,1-2H3,(H,25,28)(H,26,30). The van der Waals surface area contributed by atoms with E-state index in [9.17, 15) is 4.79 Å². The third kappa shape index (κ3) is 6.03. The summed E-state index contributed by atoms with van der Waals surface area (Å²) in [5.74, 6) is 1.20. The first-order valence-electron chi connectivity index (χ1n) is 11.2. The molecule has 0 bridgehead atoms. The Labute approximate surface area is 198 Å². The van der Waals surface area contributed by atoms with Crippen LogP contribution in [0.4, 0.5) is 11.7 Å². The molecule has 34 heavy (non-hydrogen) atoms. The highest BCUT2D eigenvalue weighted by Crippen LogP contribution is 2.32. The van der Waals surface area contributed by atoms with Crippen LogP contribution in [0.1, 0.15) is 16.8 Å². The molecule has 10 nitrogen and oxygen atoms in total. The summed E-state index contributed by atoms with van der Waals surface area (Å²) in [6.07, 6.45) is 0.961. The van der Waals surface area contributed by atoms with Gasteiger partial charge in [0.1, 0.15) is 11.5 Å². The molecule has 2 heterocycles. The Morgan fingerprint density at radius 3 is 2.74 bits per heavy atom. The molecule has 1 aromatic heterocycles. The van der Waals surface area contributed by atoms with E-state index in [0.717, 1.165) is 45.8 Å². The van der Waals surface area contributed by atoms with Crippen LogP contribution in [0.5, 0.6) is 11.5 Å². The summed E-state index contributed by atoms with van der Waals surface area (Å²) in [6.45, 7) is 5.26. The molecular weight excluding hydrogens is 438 g/mol. The van der Waals surface area contributed by atoms with Gasteiger partial charge in [0.05, 0.1) is 33.0 Å². The molecule has 2 aromatic carbocycles. The van der Waals surface area contributed by atoms with Gasteiger partial charge in [-0.25, -0.2) is 0 Å². The maximum Gasteiger partial charge on any atom is 0.315 e. The number of aromatic nitrogens is 2. The van der Waals surface area contributed by atoms with Gasteiger partial charge in [-0.2, -0.15) is 0 Å². The van der Waals surface area contributed by atoms with Crippen LogP contribution in [-0.2, 0) is 4.74 Å².